The highest BCUT2D eigenvalue weighted by Gasteiger charge is 2.06. The van der Waals surface area contributed by atoms with Crippen molar-refractivity contribution < 1.29 is 9.47 Å². The molecule has 1 unspecified atom stereocenters. The monoisotopic (exact) mass is 251 g/mol. The molecule has 0 saturated carbocycles. The Morgan fingerprint density at radius 2 is 2.11 bits per heavy atom. The van der Waals surface area contributed by atoms with Crippen LogP contribution in [-0.2, 0) is 17.9 Å². The topological polar surface area (TPSA) is 44.5 Å². The van der Waals surface area contributed by atoms with E-state index in [1.165, 1.54) is 12.8 Å². The molecule has 18 heavy (non-hydrogen) atoms. The van der Waals surface area contributed by atoms with Gasteiger partial charge in [0, 0.05) is 18.7 Å². The number of methoxy groups -OCH3 is 1. The molecule has 1 atom stereocenters. The van der Waals surface area contributed by atoms with Crippen molar-refractivity contribution in [3.63, 3.8) is 0 Å². The van der Waals surface area contributed by atoms with Crippen molar-refractivity contribution in [2.45, 2.75) is 39.8 Å². The molecule has 1 aromatic rings. The summed E-state index contributed by atoms with van der Waals surface area (Å²) in [4.78, 5) is 0. The summed E-state index contributed by atoms with van der Waals surface area (Å²) in [5.41, 5.74) is 7.83. The molecule has 0 aromatic heterocycles. The minimum Gasteiger partial charge on any atom is -0.496 e. The summed E-state index contributed by atoms with van der Waals surface area (Å²) < 4.78 is 11.1. The molecule has 0 aliphatic heterocycles. The zero-order valence-electron chi connectivity index (χ0n) is 11.7. The van der Waals surface area contributed by atoms with Crippen molar-refractivity contribution in [2.24, 2.45) is 11.7 Å². The van der Waals surface area contributed by atoms with E-state index in [4.69, 9.17) is 15.2 Å². The maximum absolute atomic E-state index is 5.76. The van der Waals surface area contributed by atoms with Gasteiger partial charge in [0.15, 0.2) is 0 Å². The lowest BCUT2D eigenvalue weighted by molar-refractivity contribution is 0.0879. The Hall–Kier alpha value is -1.06. The quantitative estimate of drug-likeness (QED) is 0.772. The minimum atomic E-state index is 0.545. The molecular weight excluding hydrogens is 226 g/mol. The third-order valence-corrected chi connectivity index (χ3v) is 3.02. The molecule has 0 radical (unpaired) electrons. The highest BCUT2D eigenvalue weighted by atomic mass is 16.5. The van der Waals surface area contributed by atoms with Crippen molar-refractivity contribution >= 4 is 0 Å². The summed E-state index contributed by atoms with van der Waals surface area (Å²) in [5, 5.41) is 0. The van der Waals surface area contributed by atoms with Crippen LogP contribution in [0.3, 0.4) is 0 Å². The van der Waals surface area contributed by atoms with Gasteiger partial charge in [-0.05, 0) is 30.0 Å². The van der Waals surface area contributed by atoms with E-state index in [0.29, 0.717) is 19.1 Å². The highest BCUT2D eigenvalue weighted by molar-refractivity contribution is 5.36. The average Bonchev–Trinajstić information content (AvgIpc) is 2.39. The molecule has 0 fully saturated rings. The number of nitrogens with two attached hydrogens (primary N) is 1. The van der Waals surface area contributed by atoms with Crippen LogP contribution in [-0.4, -0.2) is 13.7 Å². The number of hydrogen-bond acceptors (Lipinski definition) is 3. The van der Waals surface area contributed by atoms with Crippen LogP contribution < -0.4 is 10.5 Å². The van der Waals surface area contributed by atoms with Crippen molar-refractivity contribution in [2.75, 3.05) is 13.7 Å². The lowest BCUT2D eigenvalue weighted by Crippen LogP contribution is -2.07. The van der Waals surface area contributed by atoms with Gasteiger partial charge in [-0.1, -0.05) is 26.3 Å². The van der Waals surface area contributed by atoms with Crippen molar-refractivity contribution in [1.29, 1.82) is 0 Å². The minimum absolute atomic E-state index is 0.545. The second-order valence-corrected chi connectivity index (χ2v) is 4.76. The summed E-state index contributed by atoms with van der Waals surface area (Å²) in [7, 11) is 1.68. The second-order valence-electron chi connectivity index (χ2n) is 4.76. The summed E-state index contributed by atoms with van der Waals surface area (Å²) in [5.74, 6) is 1.48. The Labute approximate surface area is 110 Å². The fourth-order valence-electron chi connectivity index (χ4n) is 2.02. The molecule has 3 heteroatoms. The van der Waals surface area contributed by atoms with E-state index in [2.05, 4.69) is 19.9 Å². The van der Waals surface area contributed by atoms with Gasteiger partial charge in [-0.2, -0.15) is 0 Å². The van der Waals surface area contributed by atoms with E-state index in [-0.39, 0.29) is 0 Å². The first-order chi connectivity index (χ1) is 8.71. The van der Waals surface area contributed by atoms with E-state index in [1.54, 1.807) is 7.11 Å². The van der Waals surface area contributed by atoms with Crippen LogP contribution in [0.1, 0.15) is 37.8 Å². The van der Waals surface area contributed by atoms with Gasteiger partial charge in [0.05, 0.1) is 13.7 Å². The maximum Gasteiger partial charge on any atom is 0.124 e. The SMILES string of the molecule is CCCC(C)COCc1cc(CN)ccc1OC. The fourth-order valence-corrected chi connectivity index (χ4v) is 2.02. The second kappa shape index (κ2) is 8.11. The lowest BCUT2D eigenvalue weighted by Gasteiger charge is -2.13. The molecule has 1 rings (SSSR count). The first-order valence-corrected chi connectivity index (χ1v) is 6.64. The van der Waals surface area contributed by atoms with Crippen LogP contribution in [0.2, 0.25) is 0 Å². The Morgan fingerprint density at radius 3 is 2.72 bits per heavy atom. The Balaban J connectivity index is 2.54. The van der Waals surface area contributed by atoms with Crippen LogP contribution in [0.5, 0.6) is 5.75 Å². The Bertz CT molecular complexity index is 352. The van der Waals surface area contributed by atoms with Gasteiger partial charge in [-0.15, -0.1) is 0 Å². The average molecular weight is 251 g/mol. The number of hydrogen-bond donors (Lipinski definition) is 1. The standard InChI is InChI=1S/C15H25NO2/c1-4-5-12(2)10-18-11-14-8-13(9-16)6-7-15(14)17-3/h6-8,12H,4-5,9-11,16H2,1-3H3. The predicted molar refractivity (Wildman–Crippen MR) is 74.6 cm³/mol. The molecular formula is C15H25NO2. The summed E-state index contributed by atoms with van der Waals surface area (Å²) in [6.45, 7) is 6.35. The highest BCUT2D eigenvalue weighted by Crippen LogP contribution is 2.21. The van der Waals surface area contributed by atoms with Crippen molar-refractivity contribution in [1.82, 2.24) is 0 Å². The molecule has 0 aliphatic rings. The van der Waals surface area contributed by atoms with E-state index in [0.717, 1.165) is 23.5 Å². The van der Waals surface area contributed by atoms with Crippen LogP contribution in [0.15, 0.2) is 18.2 Å². The van der Waals surface area contributed by atoms with Gasteiger partial charge in [-0.25, -0.2) is 0 Å². The number of rotatable bonds is 8. The molecule has 1 aromatic carbocycles. The Morgan fingerprint density at radius 1 is 1.33 bits per heavy atom. The first kappa shape index (κ1) is 15.0. The van der Waals surface area contributed by atoms with Crippen LogP contribution >= 0.6 is 0 Å². The third-order valence-electron chi connectivity index (χ3n) is 3.02. The molecule has 0 heterocycles. The summed E-state index contributed by atoms with van der Waals surface area (Å²) in [6.07, 6.45) is 2.41. The summed E-state index contributed by atoms with van der Waals surface area (Å²) in [6, 6.07) is 6.00. The van der Waals surface area contributed by atoms with E-state index in [9.17, 15) is 0 Å². The van der Waals surface area contributed by atoms with Crippen LogP contribution in [0, 0.1) is 5.92 Å². The van der Waals surface area contributed by atoms with Crippen LogP contribution in [0.4, 0.5) is 0 Å². The van der Waals surface area contributed by atoms with Gasteiger partial charge in [0.1, 0.15) is 5.75 Å². The molecule has 2 N–H and O–H groups in total. The fraction of sp³-hybridized carbons (Fsp3) is 0.600. The van der Waals surface area contributed by atoms with Crippen LogP contribution in [0.25, 0.3) is 0 Å². The van der Waals surface area contributed by atoms with E-state index >= 15 is 0 Å². The molecule has 0 saturated heterocycles. The number of benzene rings is 1. The normalized spacial score (nSPS) is 12.4. The number of ether oxygens (including phenoxy) is 2. The van der Waals surface area contributed by atoms with Gasteiger partial charge in [0.2, 0.25) is 0 Å². The maximum atomic E-state index is 5.76. The molecule has 0 bridgehead atoms. The van der Waals surface area contributed by atoms with Gasteiger partial charge in [0.25, 0.3) is 0 Å². The molecule has 3 nitrogen and oxygen atoms in total. The Kier molecular flexibility index (Phi) is 6.76. The van der Waals surface area contributed by atoms with E-state index in [1.807, 2.05) is 12.1 Å². The largest absolute Gasteiger partial charge is 0.496 e. The van der Waals surface area contributed by atoms with Gasteiger partial charge >= 0.3 is 0 Å². The summed E-state index contributed by atoms with van der Waals surface area (Å²) >= 11 is 0. The predicted octanol–water partition coefficient (Wildman–Crippen LogP) is 3.11. The molecule has 0 spiro atoms. The van der Waals surface area contributed by atoms with E-state index < -0.39 is 0 Å². The van der Waals surface area contributed by atoms with Crippen molar-refractivity contribution in [3.05, 3.63) is 29.3 Å². The third kappa shape index (κ3) is 4.67. The lowest BCUT2D eigenvalue weighted by atomic mass is 10.1. The molecule has 0 aliphatic carbocycles. The zero-order valence-corrected chi connectivity index (χ0v) is 11.7. The zero-order chi connectivity index (χ0) is 13.4. The smallest absolute Gasteiger partial charge is 0.124 e. The first-order valence-electron chi connectivity index (χ1n) is 6.64. The van der Waals surface area contributed by atoms with Gasteiger partial charge < -0.3 is 15.2 Å². The van der Waals surface area contributed by atoms with Gasteiger partial charge in [-0.3, -0.25) is 0 Å². The van der Waals surface area contributed by atoms with Crippen molar-refractivity contribution in [3.8, 4) is 5.75 Å². The molecule has 0 amide bonds. The molecule has 102 valence electrons.